The Bertz CT molecular complexity index is 778. The van der Waals surface area contributed by atoms with Crippen molar-refractivity contribution in [2.45, 2.75) is 18.9 Å². The molecule has 1 amide bonds. The molecule has 23 heavy (non-hydrogen) atoms. The zero-order valence-electron chi connectivity index (χ0n) is 12.8. The second-order valence-corrected chi connectivity index (χ2v) is 5.58. The minimum Gasteiger partial charge on any atom is -0.376 e. The number of ether oxygens (including phenoxy) is 1. The Morgan fingerprint density at radius 3 is 2.91 bits per heavy atom. The second-order valence-electron chi connectivity index (χ2n) is 5.58. The van der Waals surface area contributed by atoms with Gasteiger partial charge in [0.05, 0.1) is 6.10 Å². The normalized spacial score (nSPS) is 17.9. The smallest absolute Gasteiger partial charge is 0.262 e. The molecule has 1 N–H and O–H groups in total. The van der Waals surface area contributed by atoms with Gasteiger partial charge in [-0.15, -0.1) is 0 Å². The number of nitrogens with zero attached hydrogens (tertiary/aromatic N) is 1. The number of amides is 1. The highest BCUT2D eigenvalue weighted by Crippen LogP contribution is 2.21. The molecule has 0 radical (unpaired) electrons. The van der Waals surface area contributed by atoms with Gasteiger partial charge in [-0.05, 0) is 35.3 Å². The molecule has 0 bridgehead atoms. The fraction of sp³-hybridized carbons (Fsp3) is 0.263. The van der Waals surface area contributed by atoms with E-state index >= 15 is 0 Å². The molecule has 1 aliphatic rings. The molecule has 4 heteroatoms. The van der Waals surface area contributed by atoms with E-state index in [1.54, 1.807) is 6.08 Å². The maximum absolute atomic E-state index is 12.2. The van der Waals surface area contributed by atoms with Crippen LogP contribution in [-0.2, 0) is 9.53 Å². The summed E-state index contributed by atoms with van der Waals surface area (Å²) in [5, 5.41) is 14.2. The van der Waals surface area contributed by atoms with Crippen molar-refractivity contribution < 1.29 is 9.53 Å². The van der Waals surface area contributed by atoms with Gasteiger partial charge in [0.25, 0.3) is 5.91 Å². The summed E-state index contributed by atoms with van der Waals surface area (Å²) in [5.74, 6) is -0.351. The Kier molecular flexibility index (Phi) is 4.70. The molecule has 0 aliphatic carbocycles. The second kappa shape index (κ2) is 7.08. The van der Waals surface area contributed by atoms with Crippen molar-refractivity contribution in [2.24, 2.45) is 0 Å². The van der Waals surface area contributed by atoms with E-state index < -0.39 is 0 Å². The van der Waals surface area contributed by atoms with E-state index in [2.05, 4.69) is 5.32 Å². The molecule has 2 aromatic rings. The fourth-order valence-electron chi connectivity index (χ4n) is 2.79. The van der Waals surface area contributed by atoms with Crippen molar-refractivity contribution in [3.63, 3.8) is 0 Å². The molecule has 3 rings (SSSR count). The van der Waals surface area contributed by atoms with E-state index in [-0.39, 0.29) is 17.6 Å². The molecule has 0 saturated carbocycles. The van der Waals surface area contributed by atoms with Gasteiger partial charge in [0.1, 0.15) is 11.6 Å². The van der Waals surface area contributed by atoms with Gasteiger partial charge in [-0.2, -0.15) is 5.26 Å². The lowest BCUT2D eigenvalue weighted by atomic mass is 10.0. The Labute approximate surface area is 135 Å². The van der Waals surface area contributed by atoms with Crippen molar-refractivity contribution in [2.75, 3.05) is 13.2 Å². The van der Waals surface area contributed by atoms with Gasteiger partial charge < -0.3 is 10.1 Å². The van der Waals surface area contributed by atoms with E-state index in [9.17, 15) is 10.1 Å². The van der Waals surface area contributed by atoms with E-state index in [1.165, 1.54) is 0 Å². The molecule has 0 aromatic heterocycles. The lowest BCUT2D eigenvalue weighted by molar-refractivity contribution is -0.117. The Morgan fingerprint density at radius 2 is 2.13 bits per heavy atom. The Balaban J connectivity index is 1.80. The van der Waals surface area contributed by atoms with Crippen LogP contribution < -0.4 is 5.32 Å². The average molecular weight is 306 g/mol. The summed E-state index contributed by atoms with van der Waals surface area (Å²) in [4.78, 5) is 12.2. The maximum Gasteiger partial charge on any atom is 0.262 e. The molecule has 0 spiro atoms. The molecular weight excluding hydrogens is 288 g/mol. The number of hydrogen-bond acceptors (Lipinski definition) is 3. The SMILES string of the molecule is N#C/C(=C\c1cccc2ccccc12)C(=O)NC[C@H]1CCCO1. The molecular formula is C19H18N2O2. The van der Waals surface area contributed by atoms with Crippen molar-refractivity contribution in [1.82, 2.24) is 5.32 Å². The molecule has 116 valence electrons. The van der Waals surface area contributed by atoms with Crippen LogP contribution in [0.3, 0.4) is 0 Å². The fourth-order valence-corrected chi connectivity index (χ4v) is 2.79. The summed E-state index contributed by atoms with van der Waals surface area (Å²) in [6, 6.07) is 15.8. The van der Waals surface area contributed by atoms with Gasteiger partial charge in [-0.3, -0.25) is 4.79 Å². The number of nitriles is 1. The molecule has 2 aromatic carbocycles. The first-order chi connectivity index (χ1) is 11.3. The van der Waals surface area contributed by atoms with Gasteiger partial charge in [0, 0.05) is 13.2 Å². The minimum absolute atomic E-state index is 0.0662. The zero-order valence-corrected chi connectivity index (χ0v) is 12.8. The van der Waals surface area contributed by atoms with Crippen molar-refractivity contribution in [3.05, 3.63) is 53.6 Å². The summed E-state index contributed by atoms with van der Waals surface area (Å²) in [5.41, 5.74) is 0.978. The maximum atomic E-state index is 12.2. The van der Waals surface area contributed by atoms with E-state index in [4.69, 9.17) is 4.74 Å². The standard InChI is InChI=1S/C19H18N2O2/c20-12-16(19(22)21-13-17-8-4-10-23-17)11-15-7-3-6-14-5-1-2-9-18(14)15/h1-3,5-7,9,11,17H,4,8,10,13H2,(H,21,22)/b16-11+/t17-/m1/s1. The molecule has 1 fully saturated rings. The van der Waals surface area contributed by atoms with Crippen molar-refractivity contribution in [1.29, 1.82) is 5.26 Å². The van der Waals surface area contributed by atoms with Crippen LogP contribution in [0.1, 0.15) is 18.4 Å². The minimum atomic E-state index is -0.351. The van der Waals surface area contributed by atoms with Crippen LogP contribution in [-0.4, -0.2) is 25.2 Å². The Morgan fingerprint density at radius 1 is 1.30 bits per heavy atom. The monoisotopic (exact) mass is 306 g/mol. The van der Waals surface area contributed by atoms with E-state index in [0.717, 1.165) is 35.8 Å². The molecule has 0 unspecified atom stereocenters. The predicted octanol–water partition coefficient (Wildman–Crippen LogP) is 3.04. The summed E-state index contributed by atoms with van der Waals surface area (Å²) in [6.07, 6.45) is 3.69. The third kappa shape index (κ3) is 3.58. The van der Waals surface area contributed by atoms with Gasteiger partial charge in [-0.1, -0.05) is 42.5 Å². The molecule has 1 saturated heterocycles. The van der Waals surface area contributed by atoms with Gasteiger partial charge in [0.2, 0.25) is 0 Å². The topological polar surface area (TPSA) is 62.1 Å². The Hall–Kier alpha value is -2.64. The number of rotatable bonds is 4. The first-order valence-electron chi connectivity index (χ1n) is 7.77. The summed E-state index contributed by atoms with van der Waals surface area (Å²) in [7, 11) is 0. The highest BCUT2D eigenvalue weighted by atomic mass is 16.5. The number of nitrogens with one attached hydrogen (secondary N) is 1. The summed E-state index contributed by atoms with van der Waals surface area (Å²) >= 11 is 0. The largest absolute Gasteiger partial charge is 0.376 e. The van der Waals surface area contributed by atoms with Crippen molar-refractivity contribution in [3.8, 4) is 6.07 Å². The first kappa shape index (κ1) is 15.3. The third-order valence-corrected chi connectivity index (χ3v) is 4.00. The van der Waals surface area contributed by atoms with Crippen LogP contribution in [0.4, 0.5) is 0 Å². The van der Waals surface area contributed by atoms with Crippen LogP contribution in [0, 0.1) is 11.3 Å². The van der Waals surface area contributed by atoms with Crippen LogP contribution in [0.25, 0.3) is 16.8 Å². The van der Waals surface area contributed by atoms with Crippen LogP contribution in [0.5, 0.6) is 0 Å². The molecule has 4 nitrogen and oxygen atoms in total. The van der Waals surface area contributed by atoms with E-state index in [1.807, 2.05) is 48.5 Å². The lowest BCUT2D eigenvalue weighted by Gasteiger charge is -2.10. The predicted molar refractivity (Wildman–Crippen MR) is 89.5 cm³/mol. The number of benzene rings is 2. The van der Waals surface area contributed by atoms with Gasteiger partial charge >= 0.3 is 0 Å². The number of hydrogen-bond donors (Lipinski definition) is 1. The number of fused-ring (bicyclic) bond motifs is 1. The quantitative estimate of drug-likeness (QED) is 0.697. The average Bonchev–Trinajstić information content (AvgIpc) is 3.11. The highest BCUT2D eigenvalue weighted by molar-refractivity contribution is 6.04. The first-order valence-corrected chi connectivity index (χ1v) is 7.77. The van der Waals surface area contributed by atoms with Gasteiger partial charge in [-0.25, -0.2) is 0 Å². The van der Waals surface area contributed by atoms with Crippen molar-refractivity contribution >= 4 is 22.8 Å². The third-order valence-electron chi connectivity index (χ3n) is 4.00. The van der Waals surface area contributed by atoms with Crippen LogP contribution >= 0.6 is 0 Å². The van der Waals surface area contributed by atoms with Gasteiger partial charge in [0.15, 0.2) is 0 Å². The number of carbonyl (C=O) groups is 1. The van der Waals surface area contributed by atoms with Crippen LogP contribution in [0.2, 0.25) is 0 Å². The van der Waals surface area contributed by atoms with Crippen LogP contribution in [0.15, 0.2) is 48.0 Å². The molecule has 1 heterocycles. The zero-order chi connectivity index (χ0) is 16.1. The highest BCUT2D eigenvalue weighted by Gasteiger charge is 2.17. The molecule has 1 atom stereocenters. The lowest BCUT2D eigenvalue weighted by Crippen LogP contribution is -2.32. The molecule has 1 aliphatic heterocycles. The number of carbonyl (C=O) groups excluding carboxylic acids is 1. The summed E-state index contributed by atoms with van der Waals surface area (Å²) < 4.78 is 5.48. The van der Waals surface area contributed by atoms with E-state index in [0.29, 0.717) is 6.54 Å². The summed E-state index contributed by atoms with van der Waals surface area (Å²) in [6.45, 7) is 1.20.